The summed E-state index contributed by atoms with van der Waals surface area (Å²) in [6.45, 7) is 2.13. The van der Waals surface area contributed by atoms with Gasteiger partial charge in [-0.1, -0.05) is 36.4 Å². The monoisotopic (exact) mass is 273 g/mol. The van der Waals surface area contributed by atoms with E-state index in [4.69, 9.17) is 5.11 Å². The number of rotatable bonds is 6. The van der Waals surface area contributed by atoms with E-state index < -0.39 is 12.1 Å². The van der Waals surface area contributed by atoms with Crippen molar-refractivity contribution in [3.63, 3.8) is 0 Å². The van der Waals surface area contributed by atoms with E-state index in [1.807, 2.05) is 42.5 Å². The van der Waals surface area contributed by atoms with Crippen LogP contribution in [0.1, 0.15) is 25.0 Å². The van der Waals surface area contributed by atoms with Gasteiger partial charge >= 0.3 is 5.97 Å². The maximum Gasteiger partial charge on any atom is 0.304 e. The smallest absolute Gasteiger partial charge is 0.304 e. The summed E-state index contributed by atoms with van der Waals surface area (Å²) in [7, 11) is 0. The van der Waals surface area contributed by atoms with Crippen LogP contribution in [0.25, 0.3) is 10.8 Å². The number of aliphatic carboxylic acids is 1. The van der Waals surface area contributed by atoms with Gasteiger partial charge in [0, 0.05) is 12.6 Å². The van der Waals surface area contributed by atoms with Gasteiger partial charge in [-0.05, 0) is 29.3 Å². The van der Waals surface area contributed by atoms with E-state index in [0.29, 0.717) is 6.54 Å². The maximum absolute atomic E-state index is 10.6. The molecular formula is C16H19NO3. The van der Waals surface area contributed by atoms with Gasteiger partial charge in [-0.3, -0.25) is 4.79 Å². The molecule has 0 aliphatic rings. The van der Waals surface area contributed by atoms with Gasteiger partial charge in [-0.2, -0.15) is 0 Å². The van der Waals surface area contributed by atoms with Crippen molar-refractivity contribution in [1.29, 1.82) is 0 Å². The van der Waals surface area contributed by atoms with Crippen LogP contribution in [0.15, 0.2) is 42.5 Å². The van der Waals surface area contributed by atoms with Gasteiger partial charge in [0.25, 0.3) is 0 Å². The number of carbonyl (C=O) groups is 1. The quantitative estimate of drug-likeness (QED) is 0.755. The molecule has 0 radical (unpaired) electrons. The van der Waals surface area contributed by atoms with Crippen LogP contribution in [0.5, 0.6) is 0 Å². The van der Waals surface area contributed by atoms with Crippen molar-refractivity contribution in [2.24, 2.45) is 0 Å². The molecule has 0 aromatic heterocycles. The highest BCUT2D eigenvalue weighted by molar-refractivity contribution is 5.83. The number of carboxylic acid groups (broad SMARTS) is 1. The lowest BCUT2D eigenvalue weighted by Crippen LogP contribution is -2.32. The fourth-order valence-electron chi connectivity index (χ4n) is 2.18. The summed E-state index contributed by atoms with van der Waals surface area (Å²) in [5.41, 5.74) is 0.832. The summed E-state index contributed by atoms with van der Waals surface area (Å²) in [5.74, 6) is -0.842. The number of benzene rings is 2. The highest BCUT2D eigenvalue weighted by Gasteiger charge is 2.11. The molecule has 20 heavy (non-hydrogen) atoms. The van der Waals surface area contributed by atoms with E-state index in [0.717, 1.165) is 16.3 Å². The number of hydrogen-bond donors (Lipinski definition) is 3. The molecule has 4 heteroatoms. The highest BCUT2D eigenvalue weighted by atomic mass is 16.4. The minimum atomic E-state index is -0.842. The molecule has 0 fully saturated rings. The van der Waals surface area contributed by atoms with Crippen molar-refractivity contribution >= 4 is 16.7 Å². The van der Waals surface area contributed by atoms with Crippen LogP contribution in [0.2, 0.25) is 0 Å². The van der Waals surface area contributed by atoms with Crippen LogP contribution in [0, 0.1) is 0 Å². The van der Waals surface area contributed by atoms with Gasteiger partial charge in [-0.15, -0.1) is 0 Å². The van der Waals surface area contributed by atoms with Crippen molar-refractivity contribution in [2.75, 3.05) is 6.54 Å². The molecule has 0 aliphatic heterocycles. The minimum absolute atomic E-state index is 0.0461. The molecule has 0 bridgehead atoms. The normalized spacial score (nSPS) is 14.1. The largest absolute Gasteiger partial charge is 0.481 e. The minimum Gasteiger partial charge on any atom is -0.481 e. The molecular weight excluding hydrogens is 254 g/mol. The molecule has 106 valence electrons. The van der Waals surface area contributed by atoms with Gasteiger partial charge < -0.3 is 15.5 Å². The number of hydrogen-bond acceptors (Lipinski definition) is 3. The van der Waals surface area contributed by atoms with Gasteiger partial charge in [0.1, 0.15) is 0 Å². The number of nitrogens with one attached hydrogen (secondary N) is 1. The lowest BCUT2D eigenvalue weighted by Gasteiger charge is -2.16. The number of carboxylic acids is 1. The third kappa shape index (κ3) is 3.79. The van der Waals surface area contributed by atoms with Crippen molar-refractivity contribution in [2.45, 2.75) is 25.5 Å². The molecule has 2 rings (SSSR count). The lowest BCUT2D eigenvalue weighted by molar-refractivity contribution is -0.137. The van der Waals surface area contributed by atoms with Crippen LogP contribution in [0.4, 0.5) is 0 Å². The third-order valence-corrected chi connectivity index (χ3v) is 3.30. The average Bonchev–Trinajstić information content (AvgIpc) is 2.43. The Labute approximate surface area is 118 Å². The van der Waals surface area contributed by atoms with Crippen LogP contribution in [-0.4, -0.2) is 28.8 Å². The zero-order chi connectivity index (χ0) is 14.5. The van der Waals surface area contributed by atoms with Gasteiger partial charge in [0.05, 0.1) is 12.5 Å². The molecule has 0 heterocycles. The second-order valence-corrected chi connectivity index (χ2v) is 5.03. The predicted molar refractivity (Wildman–Crippen MR) is 78.6 cm³/mol. The molecule has 2 aromatic rings. The molecule has 4 nitrogen and oxygen atoms in total. The maximum atomic E-state index is 10.6. The Morgan fingerprint density at radius 1 is 1.20 bits per heavy atom. The second-order valence-electron chi connectivity index (χ2n) is 5.03. The summed E-state index contributed by atoms with van der Waals surface area (Å²) >= 11 is 0. The standard InChI is InChI=1S/C16H19NO3/c1-11(8-16(19)20)17-10-15(18)14-7-6-12-4-2-3-5-13(12)9-14/h2-7,9,11,15,17-18H,8,10H2,1H3,(H,19,20)/t11-,15+/m0/s1. The van der Waals surface area contributed by atoms with Gasteiger partial charge in [0.2, 0.25) is 0 Å². The van der Waals surface area contributed by atoms with E-state index in [1.54, 1.807) is 6.92 Å². The first-order valence-corrected chi connectivity index (χ1v) is 6.68. The van der Waals surface area contributed by atoms with Gasteiger partial charge in [-0.25, -0.2) is 0 Å². The van der Waals surface area contributed by atoms with E-state index in [1.165, 1.54) is 0 Å². The first-order chi connectivity index (χ1) is 9.56. The van der Waals surface area contributed by atoms with Crippen LogP contribution in [0.3, 0.4) is 0 Å². The summed E-state index contributed by atoms with van der Waals surface area (Å²) in [5, 5.41) is 24.1. The predicted octanol–water partition coefficient (Wildman–Crippen LogP) is 2.33. The van der Waals surface area contributed by atoms with E-state index >= 15 is 0 Å². The van der Waals surface area contributed by atoms with Crippen molar-refractivity contribution in [1.82, 2.24) is 5.32 Å². The average molecular weight is 273 g/mol. The van der Waals surface area contributed by atoms with E-state index in [-0.39, 0.29) is 12.5 Å². The SMILES string of the molecule is C[C@@H](CC(=O)O)NC[C@@H](O)c1ccc2ccccc2c1. The molecule has 2 atom stereocenters. The molecule has 3 N–H and O–H groups in total. The van der Waals surface area contributed by atoms with E-state index in [2.05, 4.69) is 5.32 Å². The topological polar surface area (TPSA) is 69.6 Å². The summed E-state index contributed by atoms with van der Waals surface area (Å²) in [6, 6.07) is 13.7. The Balaban J connectivity index is 2.00. The molecule has 0 aliphatic carbocycles. The highest BCUT2D eigenvalue weighted by Crippen LogP contribution is 2.20. The lowest BCUT2D eigenvalue weighted by atomic mass is 10.0. The molecule has 0 saturated heterocycles. The van der Waals surface area contributed by atoms with Crippen LogP contribution in [-0.2, 0) is 4.79 Å². The van der Waals surface area contributed by atoms with Crippen LogP contribution >= 0.6 is 0 Å². The molecule has 0 amide bonds. The van der Waals surface area contributed by atoms with Crippen molar-refractivity contribution in [3.8, 4) is 0 Å². The van der Waals surface area contributed by atoms with Gasteiger partial charge in [0.15, 0.2) is 0 Å². The second kappa shape index (κ2) is 6.50. The number of aliphatic hydroxyl groups excluding tert-OH is 1. The zero-order valence-corrected chi connectivity index (χ0v) is 11.4. The number of aliphatic hydroxyl groups is 1. The fourth-order valence-corrected chi connectivity index (χ4v) is 2.18. The molecule has 0 saturated carbocycles. The summed E-state index contributed by atoms with van der Waals surface area (Å²) in [4.78, 5) is 10.6. The Kier molecular flexibility index (Phi) is 4.71. The summed E-state index contributed by atoms with van der Waals surface area (Å²) in [6.07, 6.45) is -0.597. The Hall–Kier alpha value is -1.91. The zero-order valence-electron chi connectivity index (χ0n) is 11.4. The molecule has 0 spiro atoms. The first-order valence-electron chi connectivity index (χ1n) is 6.68. The summed E-state index contributed by atoms with van der Waals surface area (Å²) < 4.78 is 0. The Morgan fingerprint density at radius 3 is 2.60 bits per heavy atom. The van der Waals surface area contributed by atoms with Crippen molar-refractivity contribution < 1.29 is 15.0 Å². The molecule has 0 unspecified atom stereocenters. The fraction of sp³-hybridized carbons (Fsp3) is 0.312. The molecule has 2 aromatic carbocycles. The van der Waals surface area contributed by atoms with Crippen molar-refractivity contribution in [3.05, 3.63) is 48.0 Å². The Morgan fingerprint density at radius 2 is 1.90 bits per heavy atom. The first kappa shape index (κ1) is 14.5. The third-order valence-electron chi connectivity index (χ3n) is 3.30. The number of fused-ring (bicyclic) bond motifs is 1. The Bertz CT molecular complexity index is 597. The van der Waals surface area contributed by atoms with Crippen LogP contribution < -0.4 is 5.32 Å². The van der Waals surface area contributed by atoms with E-state index in [9.17, 15) is 9.90 Å².